The third kappa shape index (κ3) is 4.03. The average molecular weight is 448 g/mol. The summed E-state index contributed by atoms with van der Waals surface area (Å²) in [5, 5.41) is 39.5. The van der Waals surface area contributed by atoms with Gasteiger partial charge >= 0.3 is 17.9 Å². The van der Waals surface area contributed by atoms with Gasteiger partial charge in [0.25, 0.3) is 0 Å². The summed E-state index contributed by atoms with van der Waals surface area (Å²) in [7, 11) is 0. The second kappa shape index (κ2) is 8.65. The molecule has 2 heterocycles. The molecule has 4 N–H and O–H groups in total. The molecule has 0 aliphatic carbocycles. The van der Waals surface area contributed by atoms with Gasteiger partial charge < -0.3 is 29.9 Å². The predicted molar refractivity (Wildman–Crippen MR) is 111 cm³/mol. The Hall–Kier alpha value is -2.75. The van der Waals surface area contributed by atoms with Gasteiger partial charge in [0.1, 0.15) is 0 Å². The van der Waals surface area contributed by atoms with Gasteiger partial charge in [-0.1, -0.05) is 48.9 Å². The highest BCUT2D eigenvalue weighted by atomic mass is 16.8. The first-order chi connectivity index (χ1) is 15.0. The summed E-state index contributed by atoms with van der Waals surface area (Å²) in [6.45, 7) is 3.98. The van der Waals surface area contributed by atoms with Gasteiger partial charge in [-0.3, -0.25) is 0 Å². The van der Waals surface area contributed by atoms with Crippen LogP contribution in [-0.4, -0.2) is 61.4 Å². The van der Waals surface area contributed by atoms with Crippen LogP contribution in [-0.2, 0) is 30.3 Å². The first-order valence-corrected chi connectivity index (χ1v) is 10.5. The molecule has 2 bridgehead atoms. The van der Waals surface area contributed by atoms with Gasteiger partial charge in [0.15, 0.2) is 5.79 Å². The van der Waals surface area contributed by atoms with E-state index in [0.717, 1.165) is 12.0 Å². The maximum absolute atomic E-state index is 12.0. The minimum Gasteiger partial charge on any atom is -0.479 e. The van der Waals surface area contributed by atoms with Crippen LogP contribution < -0.4 is 0 Å². The first-order valence-electron chi connectivity index (χ1n) is 10.5. The van der Waals surface area contributed by atoms with Crippen LogP contribution >= 0.6 is 0 Å². The smallest absolute Gasteiger partial charge is 0.342 e. The van der Waals surface area contributed by atoms with E-state index in [2.05, 4.69) is 13.0 Å². The number of carboxylic acid groups (broad SMARTS) is 3. The number of hydrogen-bond acceptors (Lipinski definition) is 6. The fourth-order valence-corrected chi connectivity index (χ4v) is 4.71. The quantitative estimate of drug-likeness (QED) is 0.417. The van der Waals surface area contributed by atoms with Crippen LogP contribution in [0.2, 0.25) is 0 Å². The van der Waals surface area contributed by atoms with E-state index in [1.54, 1.807) is 0 Å². The van der Waals surface area contributed by atoms with Gasteiger partial charge in [-0.25, -0.2) is 14.4 Å². The SMILES string of the molecule is C/C(=C\C(C)Cc1ccccc1)CC[C@@]12CC[C@@](C(=O)O)(O1)[C@](O)(C(=O)O)[C@@H](C(=O)O)O2. The van der Waals surface area contributed by atoms with E-state index >= 15 is 0 Å². The lowest BCUT2D eigenvalue weighted by Gasteiger charge is -2.48. The van der Waals surface area contributed by atoms with Crippen molar-refractivity contribution in [2.24, 2.45) is 5.92 Å². The van der Waals surface area contributed by atoms with Crippen molar-refractivity contribution in [3.8, 4) is 0 Å². The van der Waals surface area contributed by atoms with E-state index in [1.165, 1.54) is 5.56 Å². The van der Waals surface area contributed by atoms with Crippen molar-refractivity contribution in [2.75, 3.05) is 0 Å². The maximum atomic E-state index is 12.0. The summed E-state index contributed by atoms with van der Waals surface area (Å²) in [5.41, 5.74) is -3.70. The molecule has 0 aromatic heterocycles. The number of carboxylic acids is 3. The van der Waals surface area contributed by atoms with Gasteiger partial charge in [0.05, 0.1) is 0 Å². The lowest BCUT2D eigenvalue weighted by atomic mass is 9.76. The van der Waals surface area contributed by atoms with Crippen molar-refractivity contribution in [1.82, 2.24) is 0 Å². The van der Waals surface area contributed by atoms with Crippen LogP contribution in [0.4, 0.5) is 0 Å². The van der Waals surface area contributed by atoms with Crippen LogP contribution in [0.1, 0.15) is 45.1 Å². The van der Waals surface area contributed by atoms with Gasteiger partial charge in [0, 0.05) is 12.8 Å². The standard InChI is InChI=1S/C23H28O9/c1-14(12-15(2)13-16-6-4-3-5-7-16)8-9-21-10-11-22(32-21,19(26)27)23(30,20(28)29)17(31-21)18(24)25/h3-7,12,15,17,30H,8-11,13H2,1-2H3,(H,24,25)(H,26,27)(H,28,29)/b14-12+/t15?,17-,21+,22+,23-/m1/s1. The Bertz CT molecular complexity index is 927. The topological polar surface area (TPSA) is 151 Å². The van der Waals surface area contributed by atoms with E-state index < -0.39 is 41.0 Å². The summed E-state index contributed by atoms with van der Waals surface area (Å²) in [6, 6.07) is 9.99. The summed E-state index contributed by atoms with van der Waals surface area (Å²) in [5.74, 6) is -6.90. The number of aliphatic carboxylic acids is 3. The van der Waals surface area contributed by atoms with Crippen LogP contribution in [0.3, 0.4) is 0 Å². The second-order valence-corrected chi connectivity index (χ2v) is 8.73. The Balaban J connectivity index is 1.78. The Morgan fingerprint density at radius 2 is 1.78 bits per heavy atom. The lowest BCUT2D eigenvalue weighted by Crippen LogP contribution is -2.75. The van der Waals surface area contributed by atoms with Gasteiger partial charge in [-0.15, -0.1) is 0 Å². The van der Waals surface area contributed by atoms with Crippen molar-refractivity contribution in [3.63, 3.8) is 0 Å². The van der Waals surface area contributed by atoms with E-state index in [0.29, 0.717) is 6.42 Å². The number of aliphatic hydroxyl groups is 1. The molecule has 2 aliphatic heterocycles. The third-order valence-corrected chi connectivity index (χ3v) is 6.31. The molecule has 32 heavy (non-hydrogen) atoms. The first kappa shape index (κ1) is 23.9. The molecule has 0 saturated carbocycles. The molecule has 0 radical (unpaired) electrons. The molecular formula is C23H28O9. The van der Waals surface area contributed by atoms with Crippen molar-refractivity contribution in [3.05, 3.63) is 47.5 Å². The second-order valence-electron chi connectivity index (χ2n) is 8.73. The zero-order chi connectivity index (χ0) is 23.7. The van der Waals surface area contributed by atoms with Gasteiger partial charge in [-0.05, 0) is 37.7 Å². The molecule has 0 spiro atoms. The Morgan fingerprint density at radius 3 is 2.34 bits per heavy atom. The largest absolute Gasteiger partial charge is 0.479 e. The molecule has 9 nitrogen and oxygen atoms in total. The molecule has 1 aromatic carbocycles. The number of allylic oxidation sites excluding steroid dienone is 2. The summed E-state index contributed by atoms with van der Waals surface area (Å²) >= 11 is 0. The number of carbonyl (C=O) groups is 3. The average Bonchev–Trinajstić information content (AvgIpc) is 3.07. The molecule has 2 fully saturated rings. The molecule has 3 rings (SSSR count). The van der Waals surface area contributed by atoms with Crippen molar-refractivity contribution >= 4 is 17.9 Å². The monoisotopic (exact) mass is 448 g/mol. The molecule has 1 unspecified atom stereocenters. The zero-order valence-corrected chi connectivity index (χ0v) is 18.0. The number of rotatable bonds is 9. The third-order valence-electron chi connectivity index (χ3n) is 6.31. The lowest BCUT2D eigenvalue weighted by molar-refractivity contribution is -0.362. The number of ether oxygens (including phenoxy) is 2. The molecular weight excluding hydrogens is 420 g/mol. The number of benzene rings is 1. The Labute approximate surface area is 185 Å². The molecule has 1 aromatic rings. The van der Waals surface area contributed by atoms with E-state index in [-0.39, 0.29) is 25.2 Å². The van der Waals surface area contributed by atoms with Gasteiger partial charge in [0.2, 0.25) is 17.3 Å². The molecule has 174 valence electrons. The maximum Gasteiger partial charge on any atom is 0.342 e. The molecule has 2 aliphatic rings. The summed E-state index contributed by atoms with van der Waals surface area (Å²) in [4.78, 5) is 35.5. The number of fused-ring (bicyclic) bond motifs is 2. The van der Waals surface area contributed by atoms with Crippen LogP contribution in [0, 0.1) is 5.92 Å². The normalized spacial score (nSPS) is 33.0. The molecule has 5 atom stereocenters. The zero-order valence-electron chi connectivity index (χ0n) is 18.0. The Morgan fingerprint density at radius 1 is 1.12 bits per heavy atom. The van der Waals surface area contributed by atoms with Gasteiger partial charge in [-0.2, -0.15) is 0 Å². The molecule has 2 saturated heterocycles. The predicted octanol–water partition coefficient (Wildman–Crippen LogP) is 2.22. The van der Waals surface area contributed by atoms with Crippen molar-refractivity contribution in [1.29, 1.82) is 0 Å². The van der Waals surface area contributed by atoms with Crippen molar-refractivity contribution in [2.45, 2.75) is 69.0 Å². The highest BCUT2D eigenvalue weighted by Gasteiger charge is 2.78. The summed E-state index contributed by atoms with van der Waals surface area (Å²) in [6.07, 6.45) is 0.746. The Kier molecular flexibility index (Phi) is 6.46. The minimum atomic E-state index is -3.26. The van der Waals surface area contributed by atoms with E-state index in [9.17, 15) is 34.8 Å². The van der Waals surface area contributed by atoms with E-state index in [4.69, 9.17) is 9.47 Å². The highest BCUT2D eigenvalue weighted by molar-refractivity contribution is 5.96. The van der Waals surface area contributed by atoms with Crippen molar-refractivity contribution < 1.29 is 44.3 Å². The highest BCUT2D eigenvalue weighted by Crippen LogP contribution is 2.54. The van der Waals surface area contributed by atoms with Crippen LogP contribution in [0.5, 0.6) is 0 Å². The fourth-order valence-electron chi connectivity index (χ4n) is 4.71. The van der Waals surface area contributed by atoms with Crippen LogP contribution in [0.25, 0.3) is 0 Å². The fraction of sp³-hybridized carbons (Fsp3) is 0.522. The molecule has 0 amide bonds. The minimum absolute atomic E-state index is 0.0501. The van der Waals surface area contributed by atoms with Crippen LogP contribution in [0.15, 0.2) is 42.0 Å². The molecule has 9 heteroatoms. The van der Waals surface area contributed by atoms with E-state index in [1.807, 2.05) is 37.3 Å². The summed E-state index contributed by atoms with van der Waals surface area (Å²) < 4.78 is 11.1. The number of hydrogen-bond donors (Lipinski definition) is 4.